The van der Waals surface area contributed by atoms with Crippen LogP contribution < -0.4 is 5.32 Å². The van der Waals surface area contributed by atoms with Crippen molar-refractivity contribution in [3.63, 3.8) is 0 Å². The molecule has 9 heteroatoms. The van der Waals surface area contributed by atoms with Crippen molar-refractivity contribution in [3.8, 4) is 0 Å². The minimum atomic E-state index is -1.25. The van der Waals surface area contributed by atoms with E-state index in [2.05, 4.69) is 43.5 Å². The Hall–Kier alpha value is -1.33. The first-order chi connectivity index (χ1) is 27.8. The Balaban J connectivity index is 2.29. The van der Waals surface area contributed by atoms with Gasteiger partial charge in [-0.2, -0.15) is 0 Å². The molecule has 1 aliphatic rings. The fourth-order valence-electron chi connectivity index (χ4n) is 7.67. The molecule has 0 aromatic carbocycles. The van der Waals surface area contributed by atoms with Gasteiger partial charge in [0.25, 0.3) is 0 Å². The highest BCUT2D eigenvalue weighted by Crippen LogP contribution is 2.22. The Kier molecular flexibility index (Phi) is 36.6. The fourth-order valence-corrected chi connectivity index (χ4v) is 7.67. The van der Waals surface area contributed by atoms with E-state index in [1.807, 2.05) is 0 Å². The average Bonchev–Trinajstić information content (AvgIpc) is 3.20. The molecule has 0 aromatic rings. The maximum Gasteiger partial charge on any atom is 0.220 e. The van der Waals surface area contributed by atoms with Crippen LogP contribution in [0, 0.1) is 0 Å². The summed E-state index contributed by atoms with van der Waals surface area (Å²) in [6.07, 6.45) is 38.4. The van der Waals surface area contributed by atoms with Gasteiger partial charge in [-0.05, 0) is 44.9 Å². The molecule has 0 radical (unpaired) electrons. The summed E-state index contributed by atoms with van der Waals surface area (Å²) in [7, 11) is 0. The number of ether oxygens (including phenoxy) is 2. The Morgan fingerprint density at radius 3 is 1.63 bits per heavy atom. The number of hydrogen-bond acceptors (Lipinski definition) is 8. The van der Waals surface area contributed by atoms with Gasteiger partial charge < -0.3 is 40.3 Å². The van der Waals surface area contributed by atoms with Crippen molar-refractivity contribution in [3.05, 3.63) is 24.3 Å². The van der Waals surface area contributed by atoms with E-state index in [1.165, 1.54) is 141 Å². The fraction of sp³-hybridized carbons (Fsp3) is 0.896. The lowest BCUT2D eigenvalue weighted by Gasteiger charge is -2.37. The molecule has 4 unspecified atom stereocenters. The number of nitrogens with one attached hydrogen (secondary N) is 1. The quantitative estimate of drug-likeness (QED) is 0.0265. The number of carbonyl (C=O) groups is 1. The molecule has 1 rings (SSSR count). The number of amides is 1. The molecule has 1 saturated heterocycles. The molecule has 0 saturated carbocycles. The molecule has 1 amide bonds. The Morgan fingerprint density at radius 2 is 1.11 bits per heavy atom. The lowest BCUT2D eigenvalue weighted by Crippen LogP contribution is -2.54. The van der Waals surface area contributed by atoms with Crippen LogP contribution in [0.2, 0.25) is 0 Å². The van der Waals surface area contributed by atoms with E-state index < -0.39 is 49.5 Å². The van der Waals surface area contributed by atoms with E-state index in [0.717, 1.165) is 44.9 Å². The van der Waals surface area contributed by atoms with Crippen molar-refractivity contribution < 1.29 is 39.8 Å². The lowest BCUT2D eigenvalue weighted by atomic mass is 9.99. The summed E-state index contributed by atoms with van der Waals surface area (Å²) in [6.45, 7) is 3.88. The zero-order valence-electron chi connectivity index (χ0n) is 36.9. The SMILES string of the molecule is CCCCC/C=C\C/C=C\CCCCCCCCCCCCCC(=O)N[C@@H](COC1OC(CO)C(O)CC1O)[C@H](O)[C@H](O)CCCCCCCCCCCCCC. The second-order valence-electron chi connectivity index (χ2n) is 16.9. The smallest absolute Gasteiger partial charge is 0.220 e. The largest absolute Gasteiger partial charge is 0.394 e. The molecule has 336 valence electrons. The van der Waals surface area contributed by atoms with Gasteiger partial charge in [-0.15, -0.1) is 0 Å². The third kappa shape index (κ3) is 30.4. The van der Waals surface area contributed by atoms with Crippen molar-refractivity contribution in [2.45, 2.75) is 262 Å². The average molecular weight is 810 g/mol. The zero-order chi connectivity index (χ0) is 41.6. The number of hydrogen-bond donors (Lipinski definition) is 6. The minimum Gasteiger partial charge on any atom is -0.394 e. The van der Waals surface area contributed by atoms with E-state index in [0.29, 0.717) is 12.8 Å². The van der Waals surface area contributed by atoms with Gasteiger partial charge in [0, 0.05) is 12.8 Å². The highest BCUT2D eigenvalue weighted by molar-refractivity contribution is 5.76. The van der Waals surface area contributed by atoms with Gasteiger partial charge in [-0.25, -0.2) is 0 Å². The highest BCUT2D eigenvalue weighted by Gasteiger charge is 2.38. The van der Waals surface area contributed by atoms with Crippen molar-refractivity contribution >= 4 is 5.91 Å². The van der Waals surface area contributed by atoms with Crippen LogP contribution in [0.1, 0.15) is 219 Å². The third-order valence-electron chi connectivity index (χ3n) is 11.5. The molecule has 0 spiro atoms. The van der Waals surface area contributed by atoms with Crippen LogP contribution in [-0.4, -0.2) is 87.5 Å². The first kappa shape index (κ1) is 53.7. The molecule has 1 aliphatic heterocycles. The van der Waals surface area contributed by atoms with Crippen LogP contribution in [0.3, 0.4) is 0 Å². The van der Waals surface area contributed by atoms with Gasteiger partial charge in [-0.1, -0.05) is 186 Å². The number of rotatable bonds is 40. The monoisotopic (exact) mass is 810 g/mol. The number of carbonyl (C=O) groups excluding carboxylic acids is 1. The predicted octanol–water partition coefficient (Wildman–Crippen LogP) is 10.3. The van der Waals surface area contributed by atoms with Crippen LogP contribution in [0.25, 0.3) is 0 Å². The minimum absolute atomic E-state index is 0.0208. The first-order valence-corrected chi connectivity index (χ1v) is 24.0. The topological polar surface area (TPSA) is 149 Å². The summed E-state index contributed by atoms with van der Waals surface area (Å²) in [5.74, 6) is -0.209. The maximum atomic E-state index is 13.0. The summed E-state index contributed by atoms with van der Waals surface area (Å²) in [5.41, 5.74) is 0. The third-order valence-corrected chi connectivity index (χ3v) is 11.5. The molecule has 0 bridgehead atoms. The van der Waals surface area contributed by atoms with Crippen LogP contribution in [0.5, 0.6) is 0 Å². The number of aliphatic hydroxyl groups is 5. The highest BCUT2D eigenvalue weighted by atomic mass is 16.7. The number of aliphatic hydroxyl groups excluding tert-OH is 5. The van der Waals surface area contributed by atoms with Crippen LogP contribution in [0.4, 0.5) is 0 Å². The van der Waals surface area contributed by atoms with Gasteiger partial charge in [0.1, 0.15) is 18.3 Å². The zero-order valence-corrected chi connectivity index (χ0v) is 36.9. The lowest BCUT2D eigenvalue weighted by molar-refractivity contribution is -0.273. The van der Waals surface area contributed by atoms with Gasteiger partial charge in [0.05, 0.1) is 31.5 Å². The Bertz CT molecular complexity index is 947. The summed E-state index contributed by atoms with van der Waals surface area (Å²) in [6, 6.07) is -0.899. The van der Waals surface area contributed by atoms with Crippen molar-refractivity contribution in [1.82, 2.24) is 5.32 Å². The van der Waals surface area contributed by atoms with E-state index in [1.54, 1.807) is 0 Å². The molecule has 0 aliphatic carbocycles. The van der Waals surface area contributed by atoms with Crippen LogP contribution in [-0.2, 0) is 14.3 Å². The van der Waals surface area contributed by atoms with Crippen LogP contribution >= 0.6 is 0 Å². The summed E-state index contributed by atoms with van der Waals surface area (Å²) < 4.78 is 11.3. The summed E-state index contributed by atoms with van der Waals surface area (Å²) >= 11 is 0. The molecule has 0 aromatic heterocycles. The normalized spacial score (nSPS) is 20.4. The molecule has 1 heterocycles. The van der Waals surface area contributed by atoms with Gasteiger partial charge >= 0.3 is 0 Å². The molecule has 9 nitrogen and oxygen atoms in total. The molecule has 57 heavy (non-hydrogen) atoms. The van der Waals surface area contributed by atoms with E-state index in [-0.39, 0.29) is 18.9 Å². The molecule has 7 atom stereocenters. The number of allylic oxidation sites excluding steroid dienone is 4. The van der Waals surface area contributed by atoms with Gasteiger partial charge in [-0.3, -0.25) is 4.79 Å². The summed E-state index contributed by atoms with van der Waals surface area (Å²) in [4.78, 5) is 13.0. The Labute approximate surface area is 349 Å². The first-order valence-electron chi connectivity index (χ1n) is 24.0. The molecular formula is C48H91NO8. The van der Waals surface area contributed by atoms with Crippen molar-refractivity contribution in [2.75, 3.05) is 13.2 Å². The maximum absolute atomic E-state index is 13.0. The standard InChI is InChI=1S/C48H91NO8/c1-3-5-7-9-11-13-15-17-18-19-20-21-22-23-24-25-27-29-31-33-35-37-46(54)49-41(40-56-48-44(53)38-43(52)45(39-50)57-48)47(55)42(51)36-34-32-30-28-26-16-14-12-10-8-6-4-2/h11,13,17-18,41-45,47-48,50-53,55H,3-10,12,14-16,19-40H2,1-2H3,(H,49,54)/b13-11-,18-17-/t41-,42+,43?,44?,45?,47-,48?/m0/s1. The van der Waals surface area contributed by atoms with Crippen LogP contribution in [0.15, 0.2) is 24.3 Å². The Morgan fingerprint density at radius 1 is 0.649 bits per heavy atom. The summed E-state index contributed by atoms with van der Waals surface area (Å²) in [5, 5.41) is 55.0. The van der Waals surface area contributed by atoms with E-state index in [9.17, 15) is 30.3 Å². The van der Waals surface area contributed by atoms with Gasteiger partial charge in [0.15, 0.2) is 6.29 Å². The number of unbranched alkanes of at least 4 members (excludes halogenated alkanes) is 25. The molecule has 1 fully saturated rings. The van der Waals surface area contributed by atoms with E-state index >= 15 is 0 Å². The molecule has 6 N–H and O–H groups in total. The molecular weight excluding hydrogens is 719 g/mol. The second-order valence-corrected chi connectivity index (χ2v) is 16.9. The predicted molar refractivity (Wildman–Crippen MR) is 235 cm³/mol. The van der Waals surface area contributed by atoms with Gasteiger partial charge in [0.2, 0.25) is 5.91 Å². The van der Waals surface area contributed by atoms with E-state index in [4.69, 9.17) is 9.47 Å². The second kappa shape index (κ2) is 38.8. The van der Waals surface area contributed by atoms with Crippen molar-refractivity contribution in [2.24, 2.45) is 0 Å². The van der Waals surface area contributed by atoms with Crippen molar-refractivity contribution in [1.29, 1.82) is 0 Å².